The number of nitrogens with one attached hydrogen (secondary N) is 1. The van der Waals surface area contributed by atoms with Gasteiger partial charge in [0.2, 0.25) is 0 Å². The van der Waals surface area contributed by atoms with Crippen LogP contribution in [0, 0.1) is 0 Å². The summed E-state index contributed by atoms with van der Waals surface area (Å²) in [5.74, 6) is 1.46. The third-order valence-corrected chi connectivity index (χ3v) is 8.81. The molecule has 1 heterocycles. The number of amides is 2. The molecule has 5 rings (SSSR count). The summed E-state index contributed by atoms with van der Waals surface area (Å²) in [5, 5.41) is 3.28. The van der Waals surface area contributed by atoms with Crippen LogP contribution in [0.25, 0.3) is 0 Å². The summed E-state index contributed by atoms with van der Waals surface area (Å²) >= 11 is 0. The summed E-state index contributed by atoms with van der Waals surface area (Å²) in [4.78, 5) is 30.5. The van der Waals surface area contributed by atoms with E-state index in [1.807, 2.05) is 70.2 Å². The number of hydrogen-bond donors (Lipinski definition) is 3. The highest BCUT2D eigenvalue weighted by atomic mass is 16.5. The number of anilines is 4. The van der Waals surface area contributed by atoms with Gasteiger partial charge in [0.25, 0.3) is 11.8 Å². The standard InChI is InChI=1S/C39H47N5O6/c1-7-42-32-21-37(35(48-6)19-30(32)38(45)43(8-2)9-3)50-23-26-15-25(16-28(40)17-26)22-49-36-20-31(41)29(18-34(36)47-5)39(46)44-24(4)14-27-12-10-11-13-33(27)44/h10-13,15-21,24,42H,7-9,14,22-23,40-41H2,1-6H3/t24-/m1/s1. The maximum atomic E-state index is 13.7. The topological polar surface area (TPSA) is 142 Å². The van der Waals surface area contributed by atoms with Gasteiger partial charge in [-0.05, 0) is 87.2 Å². The van der Waals surface area contributed by atoms with Gasteiger partial charge in [-0.15, -0.1) is 0 Å². The number of rotatable bonds is 14. The molecule has 4 aromatic carbocycles. The number of nitrogen functional groups attached to an aromatic ring is 2. The molecule has 4 aromatic rings. The van der Waals surface area contributed by atoms with Crippen molar-refractivity contribution in [2.75, 3.05) is 55.5 Å². The van der Waals surface area contributed by atoms with Crippen LogP contribution in [0.4, 0.5) is 22.7 Å². The molecule has 1 atom stereocenters. The van der Waals surface area contributed by atoms with Gasteiger partial charge in [-0.25, -0.2) is 0 Å². The molecule has 0 spiro atoms. The van der Waals surface area contributed by atoms with Crippen LogP contribution in [0.15, 0.2) is 66.7 Å². The van der Waals surface area contributed by atoms with Crippen LogP contribution in [0.5, 0.6) is 23.0 Å². The zero-order valence-corrected chi connectivity index (χ0v) is 29.7. The Morgan fingerprint density at radius 2 is 1.42 bits per heavy atom. The van der Waals surface area contributed by atoms with Gasteiger partial charge in [-0.2, -0.15) is 0 Å². The molecule has 264 valence electrons. The fourth-order valence-electron chi connectivity index (χ4n) is 6.35. The van der Waals surface area contributed by atoms with E-state index >= 15 is 0 Å². The van der Waals surface area contributed by atoms with Gasteiger partial charge in [-0.3, -0.25) is 9.59 Å². The lowest BCUT2D eigenvalue weighted by Crippen LogP contribution is -2.36. The first-order valence-corrected chi connectivity index (χ1v) is 16.9. The van der Waals surface area contributed by atoms with Crippen molar-refractivity contribution < 1.29 is 28.5 Å². The maximum Gasteiger partial charge on any atom is 0.260 e. The number of ether oxygens (including phenoxy) is 4. The van der Waals surface area contributed by atoms with Crippen molar-refractivity contribution in [1.29, 1.82) is 0 Å². The average Bonchev–Trinajstić information content (AvgIpc) is 3.45. The second kappa shape index (κ2) is 15.8. The Hall–Kier alpha value is -5.58. The summed E-state index contributed by atoms with van der Waals surface area (Å²) in [6, 6.07) is 20.3. The van der Waals surface area contributed by atoms with E-state index in [1.165, 1.54) is 7.11 Å². The number of hydrogen-bond acceptors (Lipinski definition) is 9. The second-order valence-corrected chi connectivity index (χ2v) is 12.2. The van der Waals surface area contributed by atoms with E-state index in [4.69, 9.17) is 30.4 Å². The molecule has 0 bridgehead atoms. The molecule has 11 heteroatoms. The third-order valence-electron chi connectivity index (χ3n) is 8.81. The lowest BCUT2D eigenvalue weighted by Gasteiger charge is -2.24. The number of methoxy groups -OCH3 is 2. The molecule has 0 radical (unpaired) electrons. The Morgan fingerprint density at radius 3 is 2.02 bits per heavy atom. The Balaban J connectivity index is 1.32. The van der Waals surface area contributed by atoms with E-state index in [2.05, 4.69) is 5.32 Å². The first kappa shape index (κ1) is 35.7. The lowest BCUT2D eigenvalue weighted by atomic mass is 10.1. The third kappa shape index (κ3) is 7.51. The number of fused-ring (bicyclic) bond motifs is 1. The number of carbonyl (C=O) groups excluding carboxylic acids is 2. The van der Waals surface area contributed by atoms with Crippen LogP contribution >= 0.6 is 0 Å². The van der Waals surface area contributed by atoms with Crippen molar-refractivity contribution in [3.63, 3.8) is 0 Å². The molecule has 2 amide bonds. The quantitative estimate of drug-likeness (QED) is 0.127. The molecule has 0 unspecified atom stereocenters. The predicted molar refractivity (Wildman–Crippen MR) is 198 cm³/mol. The molecule has 0 fully saturated rings. The number of benzene rings is 4. The van der Waals surface area contributed by atoms with Crippen LogP contribution in [-0.2, 0) is 19.6 Å². The van der Waals surface area contributed by atoms with Crippen LogP contribution in [-0.4, -0.2) is 56.6 Å². The van der Waals surface area contributed by atoms with Gasteiger partial charge < -0.3 is 45.5 Å². The van der Waals surface area contributed by atoms with Crippen molar-refractivity contribution in [1.82, 2.24) is 4.90 Å². The number of nitrogens with zero attached hydrogens (tertiary/aromatic N) is 2. The van der Waals surface area contributed by atoms with Gasteiger partial charge in [-0.1, -0.05) is 18.2 Å². The molecule has 1 aliphatic rings. The van der Waals surface area contributed by atoms with E-state index in [9.17, 15) is 9.59 Å². The normalized spacial score (nSPS) is 13.4. The fraction of sp³-hybridized carbons (Fsp3) is 0.333. The minimum Gasteiger partial charge on any atom is -0.493 e. The zero-order valence-electron chi connectivity index (χ0n) is 29.7. The van der Waals surface area contributed by atoms with E-state index in [0.717, 1.165) is 28.8 Å². The number of nitrogens with two attached hydrogens (primary N) is 2. The highest BCUT2D eigenvalue weighted by molar-refractivity contribution is 6.11. The van der Waals surface area contributed by atoms with E-state index < -0.39 is 0 Å². The highest BCUT2D eigenvalue weighted by Gasteiger charge is 2.32. The summed E-state index contributed by atoms with van der Waals surface area (Å²) in [6.07, 6.45) is 0.780. The Bertz CT molecular complexity index is 1860. The molecular formula is C39H47N5O6. The smallest absolute Gasteiger partial charge is 0.260 e. The molecular weight excluding hydrogens is 634 g/mol. The van der Waals surface area contributed by atoms with Crippen molar-refractivity contribution in [3.05, 3.63) is 94.5 Å². The highest BCUT2D eigenvalue weighted by Crippen LogP contribution is 2.38. The summed E-state index contributed by atoms with van der Waals surface area (Å²) < 4.78 is 23.7. The molecule has 50 heavy (non-hydrogen) atoms. The SMILES string of the molecule is CCNc1cc(OCc2cc(N)cc(COc3cc(N)c(C(=O)N4c5ccccc5C[C@H]4C)cc3OC)c2)c(OC)cc1C(=O)N(CC)CC. The van der Waals surface area contributed by atoms with Gasteiger partial charge >= 0.3 is 0 Å². The summed E-state index contributed by atoms with van der Waals surface area (Å²) in [6.45, 7) is 10.1. The monoisotopic (exact) mass is 681 g/mol. The summed E-state index contributed by atoms with van der Waals surface area (Å²) in [7, 11) is 3.07. The zero-order chi connectivity index (χ0) is 35.9. The molecule has 11 nitrogen and oxygen atoms in total. The van der Waals surface area contributed by atoms with Gasteiger partial charge in [0.15, 0.2) is 23.0 Å². The van der Waals surface area contributed by atoms with Crippen LogP contribution in [0.2, 0.25) is 0 Å². The Kier molecular flexibility index (Phi) is 11.3. The Labute approximate surface area is 294 Å². The number of carbonyl (C=O) groups is 2. The number of para-hydroxylation sites is 1. The minimum atomic E-state index is -0.190. The van der Waals surface area contributed by atoms with Crippen LogP contribution < -0.4 is 40.6 Å². The maximum absolute atomic E-state index is 13.7. The largest absolute Gasteiger partial charge is 0.493 e. The molecule has 0 saturated heterocycles. The van der Waals surface area contributed by atoms with Crippen LogP contribution in [0.3, 0.4) is 0 Å². The molecule has 0 saturated carbocycles. The van der Waals surface area contributed by atoms with E-state index in [0.29, 0.717) is 70.8 Å². The van der Waals surface area contributed by atoms with Crippen molar-refractivity contribution >= 4 is 34.6 Å². The van der Waals surface area contributed by atoms with E-state index in [1.54, 1.807) is 41.2 Å². The van der Waals surface area contributed by atoms with Crippen LogP contribution in [0.1, 0.15) is 65.1 Å². The Morgan fingerprint density at radius 1 is 0.820 bits per heavy atom. The second-order valence-electron chi connectivity index (χ2n) is 12.2. The summed E-state index contributed by atoms with van der Waals surface area (Å²) in [5.41, 5.74) is 18.7. The van der Waals surface area contributed by atoms with Crippen molar-refractivity contribution in [2.24, 2.45) is 0 Å². The first-order chi connectivity index (χ1) is 24.1. The van der Waals surface area contributed by atoms with Crippen molar-refractivity contribution in [3.8, 4) is 23.0 Å². The van der Waals surface area contributed by atoms with Gasteiger partial charge in [0, 0.05) is 54.9 Å². The fourth-order valence-corrected chi connectivity index (χ4v) is 6.35. The minimum absolute atomic E-state index is 0.000180. The van der Waals surface area contributed by atoms with Gasteiger partial charge in [0.1, 0.15) is 13.2 Å². The first-order valence-electron chi connectivity index (χ1n) is 16.9. The average molecular weight is 682 g/mol. The van der Waals surface area contributed by atoms with Gasteiger partial charge in [0.05, 0.1) is 31.0 Å². The molecule has 0 aromatic heterocycles. The molecule has 0 aliphatic carbocycles. The molecule has 5 N–H and O–H groups in total. The molecule has 1 aliphatic heterocycles. The lowest BCUT2D eigenvalue weighted by molar-refractivity contribution is 0.0773. The predicted octanol–water partition coefficient (Wildman–Crippen LogP) is 6.53. The van der Waals surface area contributed by atoms with Crippen molar-refractivity contribution in [2.45, 2.75) is 53.4 Å². The van der Waals surface area contributed by atoms with E-state index in [-0.39, 0.29) is 31.1 Å².